The molecule has 0 fully saturated rings. The quantitative estimate of drug-likeness (QED) is 0.510. The largest absolute Gasteiger partial charge is 0.239 e. The molecule has 1 rings (SSSR count). The molecule has 0 spiro atoms. The van der Waals surface area contributed by atoms with Crippen LogP contribution in [0.1, 0.15) is 12.5 Å². The molecule has 13 heavy (non-hydrogen) atoms. The van der Waals surface area contributed by atoms with Gasteiger partial charge in [0, 0.05) is 6.20 Å². The monoisotopic (exact) mass is 173 g/mol. The van der Waals surface area contributed by atoms with Gasteiger partial charge >= 0.3 is 0 Å². The molecule has 2 nitrogen and oxygen atoms in total. The maximum atomic E-state index is 9.83. The molecule has 0 radical (unpaired) electrons. The number of carbonyl (C=O) groups excluding carboxylic acids is 1. The van der Waals surface area contributed by atoms with E-state index in [0.717, 1.165) is 12.0 Å². The smallest absolute Gasteiger partial charge is 0.211 e. The molecule has 0 aliphatic carbocycles. The number of hydrogen-bond acceptors (Lipinski definition) is 2. The van der Waals surface area contributed by atoms with Crippen LogP contribution in [0, 0.1) is 0 Å². The fourth-order valence-corrected chi connectivity index (χ4v) is 1.10. The molecule has 0 saturated heterocycles. The van der Waals surface area contributed by atoms with Crippen LogP contribution in [0.25, 0.3) is 0 Å². The average molecular weight is 173 g/mol. The van der Waals surface area contributed by atoms with E-state index < -0.39 is 0 Å². The standard InChI is InChI=1S/C11H11NO/c1-10(8-12-9-13)7-11-5-3-2-4-6-11/h2-6,8H,7H2,1H3/b10-8+. The molecule has 0 heterocycles. The van der Waals surface area contributed by atoms with Gasteiger partial charge in [-0.3, -0.25) is 0 Å². The van der Waals surface area contributed by atoms with Crippen molar-refractivity contribution in [1.82, 2.24) is 0 Å². The van der Waals surface area contributed by atoms with Crippen LogP contribution < -0.4 is 0 Å². The summed E-state index contributed by atoms with van der Waals surface area (Å²) in [7, 11) is 0. The molecule has 1 aromatic carbocycles. The molecule has 0 bridgehead atoms. The van der Waals surface area contributed by atoms with Crippen molar-refractivity contribution in [3.63, 3.8) is 0 Å². The maximum absolute atomic E-state index is 9.83. The Kier molecular flexibility index (Phi) is 3.68. The summed E-state index contributed by atoms with van der Waals surface area (Å²) in [4.78, 5) is 13.2. The van der Waals surface area contributed by atoms with Gasteiger partial charge in [-0.15, -0.1) is 0 Å². The lowest BCUT2D eigenvalue weighted by atomic mass is 10.1. The van der Waals surface area contributed by atoms with E-state index in [0.29, 0.717) is 0 Å². The molecule has 0 unspecified atom stereocenters. The summed E-state index contributed by atoms with van der Waals surface area (Å²) in [6.45, 7) is 1.94. The van der Waals surface area contributed by atoms with Crippen molar-refractivity contribution in [3.8, 4) is 0 Å². The van der Waals surface area contributed by atoms with Crippen LogP contribution >= 0.6 is 0 Å². The lowest BCUT2D eigenvalue weighted by Crippen LogP contribution is -1.84. The lowest BCUT2D eigenvalue weighted by molar-refractivity contribution is 0.565. The Morgan fingerprint density at radius 1 is 1.46 bits per heavy atom. The van der Waals surface area contributed by atoms with E-state index in [1.54, 1.807) is 6.20 Å². The number of isocyanates is 1. The van der Waals surface area contributed by atoms with E-state index in [2.05, 4.69) is 4.99 Å². The fraction of sp³-hybridized carbons (Fsp3) is 0.182. The highest BCUT2D eigenvalue weighted by molar-refractivity contribution is 5.35. The zero-order valence-electron chi connectivity index (χ0n) is 7.53. The Morgan fingerprint density at radius 3 is 2.77 bits per heavy atom. The summed E-state index contributed by atoms with van der Waals surface area (Å²) >= 11 is 0. The van der Waals surface area contributed by atoms with Gasteiger partial charge in [-0.05, 0) is 24.5 Å². The van der Waals surface area contributed by atoms with E-state index in [9.17, 15) is 4.79 Å². The maximum Gasteiger partial charge on any atom is 0.239 e. The van der Waals surface area contributed by atoms with E-state index in [1.807, 2.05) is 37.3 Å². The number of aliphatic imine (C=N–C) groups is 1. The van der Waals surface area contributed by atoms with Crippen molar-refractivity contribution in [2.75, 3.05) is 0 Å². The first-order valence-corrected chi connectivity index (χ1v) is 4.09. The first-order chi connectivity index (χ1) is 6.33. The third kappa shape index (κ3) is 3.50. The molecular weight excluding hydrogens is 162 g/mol. The highest BCUT2D eigenvalue weighted by Crippen LogP contribution is 2.06. The molecule has 0 aliphatic rings. The van der Waals surface area contributed by atoms with Crippen LogP contribution in [-0.4, -0.2) is 6.08 Å². The second-order valence-corrected chi connectivity index (χ2v) is 2.86. The minimum atomic E-state index is 0.825. The molecule has 0 aromatic heterocycles. The lowest BCUT2D eigenvalue weighted by Gasteiger charge is -1.98. The SMILES string of the molecule is C/C(=C\N=C=O)Cc1ccccc1. The predicted molar refractivity (Wildman–Crippen MR) is 52.0 cm³/mol. The molecular formula is C11H11NO. The number of benzene rings is 1. The van der Waals surface area contributed by atoms with Gasteiger partial charge in [0.1, 0.15) is 0 Å². The molecule has 0 aliphatic heterocycles. The first-order valence-electron chi connectivity index (χ1n) is 4.09. The molecule has 0 saturated carbocycles. The van der Waals surface area contributed by atoms with Crippen molar-refractivity contribution in [2.24, 2.45) is 4.99 Å². The summed E-state index contributed by atoms with van der Waals surface area (Å²) in [5.74, 6) is 0. The van der Waals surface area contributed by atoms with Crippen molar-refractivity contribution < 1.29 is 4.79 Å². The van der Waals surface area contributed by atoms with Gasteiger partial charge in [0.15, 0.2) is 0 Å². The Morgan fingerprint density at radius 2 is 2.15 bits per heavy atom. The Bertz CT molecular complexity index is 334. The number of allylic oxidation sites excluding steroid dienone is 1. The molecule has 0 N–H and O–H groups in total. The minimum Gasteiger partial charge on any atom is -0.211 e. The van der Waals surface area contributed by atoms with Gasteiger partial charge in [-0.2, -0.15) is 4.99 Å². The van der Waals surface area contributed by atoms with Gasteiger partial charge in [-0.25, -0.2) is 4.79 Å². The molecule has 66 valence electrons. The topological polar surface area (TPSA) is 29.4 Å². The van der Waals surface area contributed by atoms with E-state index in [1.165, 1.54) is 11.6 Å². The molecule has 0 amide bonds. The van der Waals surface area contributed by atoms with Gasteiger partial charge in [0.25, 0.3) is 0 Å². The normalized spacial score (nSPS) is 10.7. The fourth-order valence-electron chi connectivity index (χ4n) is 1.10. The second-order valence-electron chi connectivity index (χ2n) is 2.86. The zero-order valence-corrected chi connectivity index (χ0v) is 7.53. The summed E-state index contributed by atoms with van der Waals surface area (Å²) < 4.78 is 0. The van der Waals surface area contributed by atoms with Gasteiger partial charge in [-0.1, -0.05) is 30.3 Å². The summed E-state index contributed by atoms with van der Waals surface area (Å²) in [5, 5.41) is 0. The van der Waals surface area contributed by atoms with Crippen LogP contribution in [0.15, 0.2) is 47.1 Å². The van der Waals surface area contributed by atoms with E-state index >= 15 is 0 Å². The Labute approximate surface area is 77.6 Å². The van der Waals surface area contributed by atoms with Crippen LogP contribution in [0.3, 0.4) is 0 Å². The van der Waals surface area contributed by atoms with Crippen molar-refractivity contribution in [2.45, 2.75) is 13.3 Å². The van der Waals surface area contributed by atoms with Crippen LogP contribution in [0.4, 0.5) is 0 Å². The molecule has 0 atom stereocenters. The number of rotatable bonds is 3. The third-order valence-electron chi connectivity index (χ3n) is 1.66. The predicted octanol–water partition coefficient (Wildman–Crippen LogP) is 2.47. The van der Waals surface area contributed by atoms with Crippen molar-refractivity contribution >= 4 is 6.08 Å². The number of nitrogens with zero attached hydrogens (tertiary/aromatic N) is 1. The second kappa shape index (κ2) is 5.07. The Hall–Kier alpha value is -1.66. The van der Waals surface area contributed by atoms with Gasteiger partial charge in [0.05, 0.1) is 0 Å². The van der Waals surface area contributed by atoms with Gasteiger partial charge < -0.3 is 0 Å². The van der Waals surface area contributed by atoms with Crippen molar-refractivity contribution in [1.29, 1.82) is 0 Å². The molecule has 1 aromatic rings. The van der Waals surface area contributed by atoms with Gasteiger partial charge in [0.2, 0.25) is 6.08 Å². The average Bonchev–Trinajstić information content (AvgIpc) is 2.16. The van der Waals surface area contributed by atoms with Crippen molar-refractivity contribution in [3.05, 3.63) is 47.7 Å². The van der Waals surface area contributed by atoms with E-state index in [-0.39, 0.29) is 0 Å². The van der Waals surface area contributed by atoms with Crippen LogP contribution in [0.5, 0.6) is 0 Å². The number of hydrogen-bond donors (Lipinski definition) is 0. The first kappa shape index (κ1) is 9.43. The zero-order chi connectivity index (χ0) is 9.52. The third-order valence-corrected chi connectivity index (χ3v) is 1.66. The van der Waals surface area contributed by atoms with Crippen LogP contribution in [-0.2, 0) is 11.2 Å². The summed E-state index contributed by atoms with van der Waals surface area (Å²) in [6.07, 6.45) is 3.85. The Balaban J connectivity index is 2.65. The summed E-state index contributed by atoms with van der Waals surface area (Å²) in [5.41, 5.74) is 2.27. The minimum absolute atomic E-state index is 0.825. The van der Waals surface area contributed by atoms with Crippen LogP contribution in [0.2, 0.25) is 0 Å². The highest BCUT2D eigenvalue weighted by Gasteiger charge is 1.91. The highest BCUT2D eigenvalue weighted by atomic mass is 16.1. The summed E-state index contributed by atoms with van der Waals surface area (Å²) in [6, 6.07) is 10.0. The molecule has 2 heteroatoms. The van der Waals surface area contributed by atoms with E-state index in [4.69, 9.17) is 0 Å².